The van der Waals surface area contributed by atoms with Gasteiger partial charge < -0.3 is 9.84 Å². The lowest BCUT2D eigenvalue weighted by Gasteiger charge is -2.14. The van der Waals surface area contributed by atoms with E-state index in [0.717, 1.165) is 22.6 Å². The van der Waals surface area contributed by atoms with Gasteiger partial charge in [-0.25, -0.2) is 0 Å². The maximum Gasteiger partial charge on any atom is 0.132 e. The number of aliphatic hydroxyl groups excluding tert-OH is 1. The van der Waals surface area contributed by atoms with Gasteiger partial charge >= 0.3 is 0 Å². The van der Waals surface area contributed by atoms with Gasteiger partial charge in [-0.3, -0.25) is 0 Å². The highest BCUT2D eigenvalue weighted by Gasteiger charge is 2.08. The predicted octanol–water partition coefficient (Wildman–Crippen LogP) is 4.71. The summed E-state index contributed by atoms with van der Waals surface area (Å²) in [6.07, 6.45) is 0. The lowest BCUT2D eigenvalue weighted by molar-refractivity contribution is 0.276. The minimum atomic E-state index is -0.0138. The van der Waals surface area contributed by atoms with Crippen molar-refractivity contribution in [3.8, 4) is 11.5 Å². The fraction of sp³-hybridized carbons (Fsp3) is 0.333. The fourth-order valence-electron chi connectivity index (χ4n) is 2.42. The smallest absolute Gasteiger partial charge is 0.132 e. The third kappa shape index (κ3) is 3.20. The largest absolute Gasteiger partial charge is 0.457 e. The number of hydrogen-bond donors (Lipinski definition) is 1. The number of hydrogen-bond acceptors (Lipinski definition) is 2. The van der Waals surface area contributed by atoms with Crippen molar-refractivity contribution in [2.24, 2.45) is 0 Å². The van der Waals surface area contributed by atoms with Crippen molar-refractivity contribution in [2.75, 3.05) is 0 Å². The number of ether oxygens (including phenoxy) is 1. The van der Waals surface area contributed by atoms with E-state index in [2.05, 4.69) is 32.9 Å². The maximum atomic E-state index is 9.41. The minimum absolute atomic E-state index is 0.0138. The van der Waals surface area contributed by atoms with Crippen LogP contribution in [0, 0.1) is 13.8 Å². The molecule has 0 unspecified atom stereocenters. The summed E-state index contributed by atoms with van der Waals surface area (Å²) < 4.78 is 5.91. The van der Waals surface area contributed by atoms with E-state index in [1.807, 2.05) is 31.2 Å². The minimum Gasteiger partial charge on any atom is -0.457 e. The highest BCUT2D eigenvalue weighted by atomic mass is 16.5. The summed E-state index contributed by atoms with van der Waals surface area (Å²) in [5.74, 6) is 2.04. The molecular formula is C18H22O2. The molecule has 0 radical (unpaired) electrons. The summed E-state index contributed by atoms with van der Waals surface area (Å²) in [7, 11) is 0. The third-order valence-corrected chi connectivity index (χ3v) is 3.48. The molecule has 2 nitrogen and oxygen atoms in total. The molecule has 0 heterocycles. The summed E-state index contributed by atoms with van der Waals surface area (Å²) in [4.78, 5) is 0. The van der Waals surface area contributed by atoms with Crippen LogP contribution in [-0.2, 0) is 6.61 Å². The second-order valence-electron chi connectivity index (χ2n) is 5.54. The van der Waals surface area contributed by atoms with Crippen molar-refractivity contribution in [3.63, 3.8) is 0 Å². The highest BCUT2D eigenvalue weighted by molar-refractivity contribution is 5.42. The Kier molecular flexibility index (Phi) is 4.46. The van der Waals surface area contributed by atoms with E-state index in [4.69, 9.17) is 4.74 Å². The molecule has 20 heavy (non-hydrogen) atoms. The van der Waals surface area contributed by atoms with Crippen molar-refractivity contribution >= 4 is 0 Å². The zero-order valence-electron chi connectivity index (χ0n) is 12.6. The van der Waals surface area contributed by atoms with Crippen LogP contribution in [0.5, 0.6) is 11.5 Å². The van der Waals surface area contributed by atoms with Gasteiger partial charge in [-0.2, -0.15) is 0 Å². The van der Waals surface area contributed by atoms with E-state index >= 15 is 0 Å². The van der Waals surface area contributed by atoms with E-state index in [-0.39, 0.29) is 6.61 Å². The Balaban J connectivity index is 2.28. The van der Waals surface area contributed by atoms with Gasteiger partial charge in [0.2, 0.25) is 0 Å². The second-order valence-corrected chi connectivity index (χ2v) is 5.54. The first-order chi connectivity index (χ1) is 9.51. The Morgan fingerprint density at radius 1 is 1.05 bits per heavy atom. The van der Waals surface area contributed by atoms with Gasteiger partial charge in [0.15, 0.2) is 0 Å². The predicted molar refractivity (Wildman–Crippen MR) is 82.4 cm³/mol. The van der Waals surface area contributed by atoms with Crippen LogP contribution in [0.4, 0.5) is 0 Å². The van der Waals surface area contributed by atoms with Gasteiger partial charge in [0.05, 0.1) is 6.61 Å². The Bertz CT molecular complexity index is 600. The Morgan fingerprint density at radius 2 is 1.80 bits per heavy atom. The van der Waals surface area contributed by atoms with E-state index in [9.17, 15) is 5.11 Å². The third-order valence-electron chi connectivity index (χ3n) is 3.48. The molecule has 106 valence electrons. The molecule has 0 bridgehead atoms. The molecule has 0 saturated carbocycles. The maximum absolute atomic E-state index is 9.41. The normalized spacial score (nSPS) is 10.9. The monoisotopic (exact) mass is 270 g/mol. The number of benzene rings is 2. The molecule has 0 aliphatic carbocycles. The van der Waals surface area contributed by atoms with Crippen molar-refractivity contribution in [1.29, 1.82) is 0 Å². The first-order valence-electron chi connectivity index (χ1n) is 7.00. The molecule has 0 atom stereocenters. The fourth-order valence-corrected chi connectivity index (χ4v) is 2.42. The quantitative estimate of drug-likeness (QED) is 0.871. The summed E-state index contributed by atoms with van der Waals surface area (Å²) in [5, 5.41) is 9.41. The molecule has 0 amide bonds. The zero-order chi connectivity index (χ0) is 14.7. The number of aliphatic hydroxyl groups is 1. The molecule has 2 aromatic rings. The molecule has 1 N–H and O–H groups in total. The van der Waals surface area contributed by atoms with Gasteiger partial charge in [-0.05, 0) is 49.1 Å². The Labute approximate surface area is 121 Å². The van der Waals surface area contributed by atoms with Crippen LogP contribution >= 0.6 is 0 Å². The number of rotatable bonds is 4. The first-order valence-corrected chi connectivity index (χ1v) is 7.00. The number of aryl methyl sites for hydroxylation is 2. The molecule has 0 aliphatic rings. The van der Waals surface area contributed by atoms with Crippen LogP contribution in [0.2, 0.25) is 0 Å². The average Bonchev–Trinajstić information content (AvgIpc) is 2.40. The summed E-state index contributed by atoms with van der Waals surface area (Å²) >= 11 is 0. The molecule has 2 aromatic carbocycles. The van der Waals surface area contributed by atoms with Crippen LogP contribution in [0.1, 0.15) is 42.0 Å². The van der Waals surface area contributed by atoms with Crippen molar-refractivity contribution in [1.82, 2.24) is 0 Å². The first kappa shape index (κ1) is 14.6. The SMILES string of the molecule is Cc1ccc(Oc2ccc(C(C)C)c(C)c2)c(CO)c1. The van der Waals surface area contributed by atoms with E-state index in [0.29, 0.717) is 5.92 Å². The van der Waals surface area contributed by atoms with E-state index < -0.39 is 0 Å². The van der Waals surface area contributed by atoms with Gasteiger partial charge in [0.25, 0.3) is 0 Å². The molecule has 2 heteroatoms. The Hall–Kier alpha value is -1.80. The van der Waals surface area contributed by atoms with Crippen LogP contribution in [0.15, 0.2) is 36.4 Å². The van der Waals surface area contributed by atoms with Crippen molar-refractivity contribution in [2.45, 2.75) is 40.2 Å². The molecule has 0 saturated heterocycles. The lowest BCUT2D eigenvalue weighted by atomic mass is 9.98. The second kappa shape index (κ2) is 6.10. The van der Waals surface area contributed by atoms with Gasteiger partial charge in [-0.15, -0.1) is 0 Å². The van der Waals surface area contributed by atoms with Gasteiger partial charge in [0.1, 0.15) is 11.5 Å². The highest BCUT2D eigenvalue weighted by Crippen LogP contribution is 2.29. The molecule has 2 rings (SSSR count). The standard InChI is InChI=1S/C18H22O2/c1-12(2)17-7-6-16(10-14(17)4)20-18-8-5-13(3)9-15(18)11-19/h5-10,12,19H,11H2,1-4H3. The average molecular weight is 270 g/mol. The van der Waals surface area contributed by atoms with Gasteiger partial charge in [0, 0.05) is 5.56 Å². The molecule has 0 aromatic heterocycles. The van der Waals surface area contributed by atoms with Crippen LogP contribution in [0.3, 0.4) is 0 Å². The zero-order valence-corrected chi connectivity index (χ0v) is 12.6. The lowest BCUT2D eigenvalue weighted by Crippen LogP contribution is -1.95. The van der Waals surface area contributed by atoms with Crippen molar-refractivity contribution < 1.29 is 9.84 Å². The summed E-state index contributed by atoms with van der Waals surface area (Å²) in [5.41, 5.74) is 4.50. The van der Waals surface area contributed by atoms with E-state index in [1.165, 1.54) is 11.1 Å². The van der Waals surface area contributed by atoms with Gasteiger partial charge in [-0.1, -0.05) is 37.6 Å². The topological polar surface area (TPSA) is 29.5 Å². The van der Waals surface area contributed by atoms with E-state index in [1.54, 1.807) is 0 Å². The summed E-state index contributed by atoms with van der Waals surface area (Å²) in [6.45, 7) is 8.47. The van der Waals surface area contributed by atoms with Crippen LogP contribution in [0.25, 0.3) is 0 Å². The molecule has 0 spiro atoms. The van der Waals surface area contributed by atoms with Crippen molar-refractivity contribution in [3.05, 3.63) is 58.7 Å². The molecule has 0 aliphatic heterocycles. The molecule has 0 fully saturated rings. The van der Waals surface area contributed by atoms with Crippen LogP contribution in [-0.4, -0.2) is 5.11 Å². The summed E-state index contributed by atoms with van der Waals surface area (Å²) in [6, 6.07) is 12.0. The Morgan fingerprint density at radius 3 is 2.40 bits per heavy atom. The molecular weight excluding hydrogens is 248 g/mol. The van der Waals surface area contributed by atoms with Crippen LogP contribution < -0.4 is 4.74 Å².